The van der Waals surface area contributed by atoms with E-state index >= 15 is 0 Å². The summed E-state index contributed by atoms with van der Waals surface area (Å²) < 4.78 is 25.8. The molecule has 11 heteroatoms. The summed E-state index contributed by atoms with van der Waals surface area (Å²) in [4.78, 5) is 17.0. The van der Waals surface area contributed by atoms with Crippen LogP contribution in [0.2, 0.25) is 0 Å². The summed E-state index contributed by atoms with van der Waals surface area (Å²) >= 11 is 0.823. The molecule has 2 aromatic heterocycles. The van der Waals surface area contributed by atoms with E-state index in [-0.39, 0.29) is 21.4 Å². The van der Waals surface area contributed by atoms with Crippen LogP contribution in [0.15, 0.2) is 22.7 Å². The van der Waals surface area contributed by atoms with Crippen molar-refractivity contribution in [1.29, 1.82) is 0 Å². The number of anilines is 1. The first-order chi connectivity index (χ1) is 9.86. The van der Waals surface area contributed by atoms with Crippen molar-refractivity contribution in [3.63, 3.8) is 0 Å². The lowest BCUT2D eigenvalue weighted by atomic mass is 10.5. The van der Waals surface area contributed by atoms with Crippen molar-refractivity contribution >= 4 is 32.0 Å². The van der Waals surface area contributed by atoms with Gasteiger partial charge in [-0.2, -0.15) is 4.31 Å². The SMILES string of the molecule is CNc1sc(S(=O)(=O)N(C)Cc2ncc[nH]2)cc1[N+](=O)[O-]. The number of hydrogen-bond acceptors (Lipinski definition) is 7. The van der Waals surface area contributed by atoms with Crippen molar-refractivity contribution in [1.82, 2.24) is 14.3 Å². The molecule has 0 amide bonds. The minimum absolute atomic E-state index is 0.0515. The number of nitrogens with zero attached hydrogens (tertiary/aromatic N) is 3. The Labute approximate surface area is 124 Å². The third-order valence-electron chi connectivity index (χ3n) is 2.71. The van der Waals surface area contributed by atoms with Gasteiger partial charge in [-0.25, -0.2) is 13.4 Å². The predicted molar refractivity (Wildman–Crippen MR) is 77.8 cm³/mol. The summed E-state index contributed by atoms with van der Waals surface area (Å²) in [5, 5.41) is 13.7. The fourth-order valence-electron chi connectivity index (χ4n) is 1.64. The third kappa shape index (κ3) is 3.04. The van der Waals surface area contributed by atoms with Gasteiger partial charge in [-0.15, -0.1) is 0 Å². The number of imidazole rings is 1. The van der Waals surface area contributed by atoms with E-state index in [0.29, 0.717) is 5.82 Å². The Balaban J connectivity index is 2.33. The molecule has 114 valence electrons. The van der Waals surface area contributed by atoms with Crippen LogP contribution < -0.4 is 5.32 Å². The van der Waals surface area contributed by atoms with Crippen LogP contribution in [0.5, 0.6) is 0 Å². The Bertz CT molecular complexity index is 738. The first kappa shape index (κ1) is 15.4. The maximum Gasteiger partial charge on any atom is 0.304 e. The molecule has 2 heterocycles. The van der Waals surface area contributed by atoms with Crippen LogP contribution in [0.25, 0.3) is 0 Å². The summed E-state index contributed by atoms with van der Waals surface area (Å²) in [5.74, 6) is 0.487. The molecule has 2 rings (SSSR count). The number of thiophene rings is 1. The first-order valence-corrected chi connectivity index (χ1v) is 8.02. The molecular weight excluding hydrogens is 318 g/mol. The van der Waals surface area contributed by atoms with E-state index in [1.165, 1.54) is 20.3 Å². The zero-order valence-corrected chi connectivity index (χ0v) is 12.9. The molecule has 0 aromatic carbocycles. The fraction of sp³-hybridized carbons (Fsp3) is 0.300. The van der Waals surface area contributed by atoms with E-state index in [0.717, 1.165) is 21.7 Å². The number of rotatable bonds is 6. The van der Waals surface area contributed by atoms with E-state index < -0.39 is 14.9 Å². The van der Waals surface area contributed by atoms with Gasteiger partial charge in [-0.1, -0.05) is 11.3 Å². The molecule has 0 aliphatic carbocycles. The number of aromatic amines is 1. The lowest BCUT2D eigenvalue weighted by molar-refractivity contribution is -0.383. The molecule has 0 fully saturated rings. The van der Waals surface area contributed by atoms with Crippen LogP contribution in [-0.4, -0.2) is 41.7 Å². The number of hydrogen-bond donors (Lipinski definition) is 2. The van der Waals surface area contributed by atoms with Gasteiger partial charge in [0.25, 0.3) is 10.0 Å². The van der Waals surface area contributed by atoms with Crippen LogP contribution in [-0.2, 0) is 16.6 Å². The van der Waals surface area contributed by atoms with Gasteiger partial charge < -0.3 is 10.3 Å². The fourth-order valence-corrected chi connectivity index (χ4v) is 4.26. The van der Waals surface area contributed by atoms with Crippen molar-refractivity contribution in [2.75, 3.05) is 19.4 Å². The molecule has 0 atom stereocenters. The molecule has 0 spiro atoms. The molecule has 0 radical (unpaired) electrons. The zero-order chi connectivity index (χ0) is 15.6. The molecule has 0 unspecified atom stereocenters. The minimum Gasteiger partial charge on any atom is -0.374 e. The lowest BCUT2D eigenvalue weighted by Gasteiger charge is -2.14. The summed E-state index contributed by atoms with van der Waals surface area (Å²) in [6.45, 7) is 0.0515. The summed E-state index contributed by atoms with van der Waals surface area (Å²) in [5.41, 5.74) is -0.257. The number of H-pyrrole nitrogens is 1. The summed E-state index contributed by atoms with van der Waals surface area (Å²) in [6.07, 6.45) is 3.11. The van der Waals surface area contributed by atoms with Gasteiger partial charge in [0.1, 0.15) is 10.0 Å². The van der Waals surface area contributed by atoms with Crippen LogP contribution in [0.1, 0.15) is 5.82 Å². The number of aromatic nitrogens is 2. The molecule has 0 bridgehead atoms. The van der Waals surface area contributed by atoms with Gasteiger partial charge in [0, 0.05) is 32.6 Å². The summed E-state index contributed by atoms with van der Waals surface area (Å²) in [6, 6.07) is 1.06. The average Bonchev–Trinajstić information content (AvgIpc) is 3.06. The Morgan fingerprint density at radius 2 is 2.29 bits per heavy atom. The summed E-state index contributed by atoms with van der Waals surface area (Å²) in [7, 11) is -0.920. The molecule has 0 aliphatic heterocycles. The lowest BCUT2D eigenvalue weighted by Crippen LogP contribution is -2.26. The van der Waals surface area contributed by atoms with Crippen molar-refractivity contribution in [2.24, 2.45) is 0 Å². The Hall–Kier alpha value is -1.98. The number of nitro groups is 1. The molecule has 0 saturated carbocycles. The van der Waals surface area contributed by atoms with Crippen LogP contribution in [0.3, 0.4) is 0 Å². The van der Waals surface area contributed by atoms with Crippen molar-refractivity contribution in [2.45, 2.75) is 10.8 Å². The molecule has 9 nitrogen and oxygen atoms in total. The van der Waals surface area contributed by atoms with Crippen molar-refractivity contribution in [3.8, 4) is 0 Å². The smallest absolute Gasteiger partial charge is 0.304 e. The largest absolute Gasteiger partial charge is 0.374 e. The normalized spacial score (nSPS) is 11.8. The minimum atomic E-state index is -3.81. The van der Waals surface area contributed by atoms with Crippen molar-refractivity contribution < 1.29 is 13.3 Å². The third-order valence-corrected chi connectivity index (χ3v) is 6.10. The van der Waals surface area contributed by atoms with Gasteiger partial charge in [0.05, 0.1) is 11.5 Å². The molecule has 21 heavy (non-hydrogen) atoms. The van der Waals surface area contributed by atoms with Crippen molar-refractivity contribution in [3.05, 3.63) is 34.4 Å². The van der Waals surface area contributed by atoms with E-state index in [1.807, 2.05) is 0 Å². The highest BCUT2D eigenvalue weighted by Gasteiger charge is 2.29. The van der Waals surface area contributed by atoms with Crippen LogP contribution in [0, 0.1) is 10.1 Å². The maximum atomic E-state index is 12.4. The quantitative estimate of drug-likeness (QED) is 0.607. The molecule has 2 aromatic rings. The highest BCUT2D eigenvalue weighted by atomic mass is 32.2. The standard InChI is InChI=1S/C10H13N5O4S2/c1-11-10-7(15(16)17)5-9(20-10)21(18,19)14(2)6-8-12-3-4-13-8/h3-5,11H,6H2,1-2H3,(H,12,13). The van der Waals surface area contributed by atoms with E-state index in [1.54, 1.807) is 6.20 Å². The zero-order valence-electron chi connectivity index (χ0n) is 11.2. The Morgan fingerprint density at radius 3 is 2.76 bits per heavy atom. The maximum absolute atomic E-state index is 12.4. The van der Waals surface area contributed by atoms with E-state index in [4.69, 9.17) is 0 Å². The number of nitrogens with one attached hydrogen (secondary N) is 2. The average molecular weight is 331 g/mol. The second kappa shape index (κ2) is 5.79. The molecule has 0 aliphatic rings. The number of sulfonamides is 1. The molecular formula is C10H13N5O4S2. The highest BCUT2D eigenvalue weighted by molar-refractivity contribution is 7.91. The highest BCUT2D eigenvalue weighted by Crippen LogP contribution is 2.37. The Kier molecular flexibility index (Phi) is 4.25. The van der Waals surface area contributed by atoms with Gasteiger partial charge >= 0.3 is 5.69 Å². The first-order valence-electron chi connectivity index (χ1n) is 5.77. The van der Waals surface area contributed by atoms with E-state index in [9.17, 15) is 18.5 Å². The van der Waals surface area contributed by atoms with Gasteiger partial charge in [-0.3, -0.25) is 10.1 Å². The molecule has 2 N–H and O–H groups in total. The monoisotopic (exact) mass is 331 g/mol. The van der Waals surface area contributed by atoms with Crippen LogP contribution >= 0.6 is 11.3 Å². The van der Waals surface area contributed by atoms with Gasteiger partial charge in [-0.05, 0) is 0 Å². The van der Waals surface area contributed by atoms with Gasteiger partial charge in [0.15, 0.2) is 5.00 Å². The van der Waals surface area contributed by atoms with Crippen LogP contribution in [0.4, 0.5) is 10.7 Å². The molecule has 0 saturated heterocycles. The second-order valence-electron chi connectivity index (χ2n) is 4.08. The Morgan fingerprint density at radius 1 is 1.57 bits per heavy atom. The van der Waals surface area contributed by atoms with E-state index in [2.05, 4.69) is 15.3 Å². The topological polar surface area (TPSA) is 121 Å². The van der Waals surface area contributed by atoms with Gasteiger partial charge in [0.2, 0.25) is 0 Å². The predicted octanol–water partition coefficient (Wildman–Crippen LogP) is 1.24. The second-order valence-corrected chi connectivity index (χ2v) is 7.41.